The number of anilines is 1. The number of carbonyl (C=O) groups is 1. The van der Waals surface area contributed by atoms with Gasteiger partial charge in [0.2, 0.25) is 5.91 Å². The zero-order valence-corrected chi connectivity index (χ0v) is 12.5. The van der Waals surface area contributed by atoms with E-state index in [0.717, 1.165) is 5.82 Å². The molecule has 1 unspecified atom stereocenters. The van der Waals surface area contributed by atoms with Crippen molar-refractivity contribution in [3.05, 3.63) is 23.9 Å². The predicted molar refractivity (Wildman–Crippen MR) is 80.6 cm³/mol. The third-order valence-corrected chi connectivity index (χ3v) is 3.79. The van der Waals surface area contributed by atoms with Crippen LogP contribution in [0.1, 0.15) is 19.4 Å². The van der Waals surface area contributed by atoms with Crippen molar-refractivity contribution in [1.82, 2.24) is 9.88 Å². The molecule has 2 rings (SSSR count). The van der Waals surface area contributed by atoms with Gasteiger partial charge < -0.3 is 15.5 Å². The third-order valence-electron chi connectivity index (χ3n) is 3.79. The lowest BCUT2D eigenvalue weighted by Crippen LogP contribution is -2.54. The molecule has 1 amide bonds. The SMILES string of the molecule is CC(C)C(N)C(=O)N1CCN(c2cc(C#N)ccn2)CC1. The standard InChI is InChI=1S/C15H21N5O/c1-11(2)14(17)15(21)20-7-5-19(6-8-20)13-9-12(10-16)3-4-18-13/h3-4,9,11,14H,5-8,17H2,1-2H3. The molecular formula is C15H21N5O. The van der Waals surface area contributed by atoms with Crippen LogP contribution in [0, 0.1) is 17.2 Å². The van der Waals surface area contributed by atoms with Crippen LogP contribution in [0.2, 0.25) is 0 Å². The number of piperazine rings is 1. The molecule has 0 spiro atoms. The Morgan fingerprint density at radius 1 is 1.38 bits per heavy atom. The van der Waals surface area contributed by atoms with Crippen molar-refractivity contribution in [2.24, 2.45) is 11.7 Å². The lowest BCUT2D eigenvalue weighted by Gasteiger charge is -2.37. The molecule has 1 saturated heterocycles. The summed E-state index contributed by atoms with van der Waals surface area (Å²) in [5.74, 6) is 0.946. The minimum atomic E-state index is -0.434. The second-order valence-electron chi connectivity index (χ2n) is 5.60. The number of carbonyl (C=O) groups excluding carboxylic acids is 1. The van der Waals surface area contributed by atoms with E-state index in [1.807, 2.05) is 18.7 Å². The fraction of sp³-hybridized carbons (Fsp3) is 0.533. The van der Waals surface area contributed by atoms with E-state index < -0.39 is 6.04 Å². The molecule has 112 valence electrons. The van der Waals surface area contributed by atoms with Gasteiger partial charge in [-0.3, -0.25) is 4.79 Å². The summed E-state index contributed by atoms with van der Waals surface area (Å²) in [7, 11) is 0. The lowest BCUT2D eigenvalue weighted by atomic mass is 10.0. The zero-order valence-electron chi connectivity index (χ0n) is 12.5. The topological polar surface area (TPSA) is 86.3 Å². The number of nitriles is 1. The van der Waals surface area contributed by atoms with Crippen molar-refractivity contribution in [1.29, 1.82) is 5.26 Å². The summed E-state index contributed by atoms with van der Waals surface area (Å²) >= 11 is 0. The van der Waals surface area contributed by atoms with Crippen molar-refractivity contribution in [2.45, 2.75) is 19.9 Å². The van der Waals surface area contributed by atoms with Crippen LogP contribution < -0.4 is 10.6 Å². The molecule has 2 N–H and O–H groups in total. The number of rotatable bonds is 3. The second-order valence-corrected chi connectivity index (χ2v) is 5.60. The molecule has 2 heterocycles. The first-order chi connectivity index (χ1) is 10.0. The summed E-state index contributed by atoms with van der Waals surface area (Å²) in [5, 5.41) is 8.93. The van der Waals surface area contributed by atoms with Crippen molar-refractivity contribution >= 4 is 11.7 Å². The van der Waals surface area contributed by atoms with E-state index >= 15 is 0 Å². The van der Waals surface area contributed by atoms with E-state index in [2.05, 4.69) is 16.0 Å². The maximum atomic E-state index is 12.2. The Labute approximate surface area is 125 Å². The normalized spacial score (nSPS) is 16.7. The number of pyridine rings is 1. The van der Waals surface area contributed by atoms with Gasteiger partial charge in [0.1, 0.15) is 5.82 Å². The van der Waals surface area contributed by atoms with Crippen LogP contribution in [0.4, 0.5) is 5.82 Å². The molecule has 1 fully saturated rings. The molecule has 0 aromatic carbocycles. The Bertz CT molecular complexity index is 543. The van der Waals surface area contributed by atoms with Crippen LogP contribution in [-0.2, 0) is 4.79 Å². The smallest absolute Gasteiger partial charge is 0.239 e. The summed E-state index contributed by atoms with van der Waals surface area (Å²) in [5.41, 5.74) is 6.52. The highest BCUT2D eigenvalue weighted by Crippen LogP contribution is 2.15. The average Bonchev–Trinajstić information content (AvgIpc) is 2.53. The van der Waals surface area contributed by atoms with Gasteiger partial charge in [-0.05, 0) is 18.1 Å². The van der Waals surface area contributed by atoms with Gasteiger partial charge in [0.25, 0.3) is 0 Å². The van der Waals surface area contributed by atoms with E-state index in [0.29, 0.717) is 31.7 Å². The highest BCUT2D eigenvalue weighted by molar-refractivity contribution is 5.82. The molecule has 6 heteroatoms. The summed E-state index contributed by atoms with van der Waals surface area (Å²) in [6, 6.07) is 5.14. The van der Waals surface area contributed by atoms with E-state index in [1.54, 1.807) is 18.3 Å². The van der Waals surface area contributed by atoms with Crippen LogP contribution >= 0.6 is 0 Å². The highest BCUT2D eigenvalue weighted by atomic mass is 16.2. The maximum absolute atomic E-state index is 12.2. The van der Waals surface area contributed by atoms with Crippen molar-refractivity contribution in [2.75, 3.05) is 31.1 Å². The lowest BCUT2D eigenvalue weighted by molar-refractivity contribution is -0.133. The Morgan fingerprint density at radius 2 is 2.05 bits per heavy atom. The monoisotopic (exact) mass is 287 g/mol. The second kappa shape index (κ2) is 6.55. The number of aromatic nitrogens is 1. The molecule has 1 aliphatic heterocycles. The zero-order chi connectivity index (χ0) is 15.4. The first-order valence-corrected chi connectivity index (χ1v) is 7.18. The fourth-order valence-electron chi connectivity index (χ4n) is 2.31. The quantitative estimate of drug-likeness (QED) is 0.879. The number of nitrogens with two attached hydrogens (primary N) is 1. The van der Waals surface area contributed by atoms with E-state index in [1.165, 1.54) is 0 Å². The Balaban J connectivity index is 1.97. The Morgan fingerprint density at radius 3 is 2.62 bits per heavy atom. The van der Waals surface area contributed by atoms with Gasteiger partial charge >= 0.3 is 0 Å². The highest BCUT2D eigenvalue weighted by Gasteiger charge is 2.27. The summed E-state index contributed by atoms with van der Waals surface area (Å²) in [6.07, 6.45) is 1.64. The molecule has 1 atom stereocenters. The van der Waals surface area contributed by atoms with Gasteiger partial charge in [-0.2, -0.15) is 5.26 Å². The number of nitrogens with zero attached hydrogens (tertiary/aromatic N) is 4. The van der Waals surface area contributed by atoms with Gasteiger partial charge in [0.05, 0.1) is 17.7 Å². The molecule has 1 aromatic heterocycles. The molecule has 6 nitrogen and oxygen atoms in total. The summed E-state index contributed by atoms with van der Waals surface area (Å²) < 4.78 is 0. The molecule has 1 aliphatic rings. The number of hydrogen-bond acceptors (Lipinski definition) is 5. The van der Waals surface area contributed by atoms with Crippen molar-refractivity contribution in [3.8, 4) is 6.07 Å². The van der Waals surface area contributed by atoms with Gasteiger partial charge in [0.15, 0.2) is 0 Å². The van der Waals surface area contributed by atoms with E-state index in [4.69, 9.17) is 11.0 Å². The first-order valence-electron chi connectivity index (χ1n) is 7.18. The minimum absolute atomic E-state index is 0.0170. The third kappa shape index (κ3) is 3.50. The van der Waals surface area contributed by atoms with Gasteiger partial charge in [-0.25, -0.2) is 4.98 Å². The molecule has 0 bridgehead atoms. The molecule has 0 aliphatic carbocycles. The number of amides is 1. The Kier molecular flexibility index (Phi) is 4.76. The molecular weight excluding hydrogens is 266 g/mol. The fourth-order valence-corrected chi connectivity index (χ4v) is 2.31. The largest absolute Gasteiger partial charge is 0.353 e. The summed E-state index contributed by atoms with van der Waals surface area (Å²) in [4.78, 5) is 20.4. The van der Waals surface area contributed by atoms with Gasteiger partial charge in [-0.1, -0.05) is 13.8 Å². The molecule has 1 aromatic rings. The molecule has 21 heavy (non-hydrogen) atoms. The average molecular weight is 287 g/mol. The Hall–Kier alpha value is -2.13. The van der Waals surface area contributed by atoms with Crippen LogP contribution in [0.15, 0.2) is 18.3 Å². The van der Waals surface area contributed by atoms with Gasteiger partial charge in [-0.15, -0.1) is 0 Å². The first kappa shape index (κ1) is 15.3. The minimum Gasteiger partial charge on any atom is -0.353 e. The van der Waals surface area contributed by atoms with E-state index in [9.17, 15) is 4.79 Å². The van der Waals surface area contributed by atoms with Crippen LogP contribution in [-0.4, -0.2) is 48.0 Å². The van der Waals surface area contributed by atoms with Crippen LogP contribution in [0.25, 0.3) is 0 Å². The summed E-state index contributed by atoms with van der Waals surface area (Å²) in [6.45, 7) is 6.60. The van der Waals surface area contributed by atoms with Crippen LogP contribution in [0.5, 0.6) is 0 Å². The maximum Gasteiger partial charge on any atom is 0.239 e. The molecule has 0 radical (unpaired) electrons. The predicted octanol–water partition coefficient (Wildman–Crippen LogP) is 0.585. The van der Waals surface area contributed by atoms with Crippen LogP contribution in [0.3, 0.4) is 0 Å². The van der Waals surface area contributed by atoms with E-state index in [-0.39, 0.29) is 11.8 Å². The number of hydrogen-bond donors (Lipinski definition) is 1. The molecule has 0 saturated carbocycles. The van der Waals surface area contributed by atoms with Crippen molar-refractivity contribution < 1.29 is 4.79 Å². The van der Waals surface area contributed by atoms with Gasteiger partial charge in [0, 0.05) is 32.4 Å². The van der Waals surface area contributed by atoms with Crippen molar-refractivity contribution in [3.63, 3.8) is 0 Å².